The molecule has 2 heterocycles. The van der Waals surface area contributed by atoms with E-state index in [-0.39, 0.29) is 5.95 Å². The van der Waals surface area contributed by atoms with Gasteiger partial charge in [0, 0.05) is 0 Å². The van der Waals surface area contributed by atoms with Crippen molar-refractivity contribution in [2.45, 2.75) is 13.3 Å². The molecule has 0 bridgehead atoms. The summed E-state index contributed by atoms with van der Waals surface area (Å²) >= 11 is 5.84. The van der Waals surface area contributed by atoms with Gasteiger partial charge in [0.25, 0.3) is 0 Å². The van der Waals surface area contributed by atoms with Crippen molar-refractivity contribution in [3.05, 3.63) is 29.1 Å². The predicted octanol–water partition coefficient (Wildman–Crippen LogP) is 2.68. The Balaban J connectivity index is 2.69. The summed E-state index contributed by atoms with van der Waals surface area (Å²) in [6.07, 6.45) is 4.79. The Kier molecular flexibility index (Phi) is 3.01. The lowest BCUT2D eigenvalue weighted by atomic mass is 10.2. The first kappa shape index (κ1) is 10.8. The van der Waals surface area contributed by atoms with Gasteiger partial charge in [-0.1, -0.05) is 24.6 Å². The Morgan fingerprint density at radius 2 is 2.12 bits per heavy atom. The van der Waals surface area contributed by atoms with E-state index in [0.717, 1.165) is 6.42 Å². The lowest BCUT2D eigenvalue weighted by Crippen LogP contribution is -1.99. The third-order valence-electron chi connectivity index (χ3n) is 2.06. The Morgan fingerprint density at radius 1 is 1.31 bits per heavy atom. The zero-order valence-corrected chi connectivity index (χ0v) is 9.57. The second-order valence-corrected chi connectivity index (χ2v) is 3.67. The molecule has 0 saturated carbocycles. The van der Waals surface area contributed by atoms with Crippen LogP contribution in [-0.2, 0) is 0 Å². The van der Waals surface area contributed by atoms with Gasteiger partial charge in [-0.2, -0.15) is 0 Å². The number of hydrogen-bond acceptors (Lipinski definition) is 4. The molecule has 0 aliphatic carbocycles. The van der Waals surface area contributed by atoms with Crippen molar-refractivity contribution in [3.8, 4) is 0 Å². The highest BCUT2D eigenvalue weighted by molar-refractivity contribution is 6.29. The van der Waals surface area contributed by atoms with E-state index in [1.165, 1.54) is 0 Å². The van der Waals surface area contributed by atoms with Gasteiger partial charge in [-0.3, -0.25) is 0 Å². The highest BCUT2D eigenvalue weighted by atomic mass is 35.5. The van der Waals surface area contributed by atoms with Crippen LogP contribution >= 0.6 is 11.6 Å². The van der Waals surface area contributed by atoms with Crippen LogP contribution in [0, 0.1) is 0 Å². The lowest BCUT2D eigenvalue weighted by molar-refractivity contribution is 1.18. The van der Waals surface area contributed by atoms with E-state index in [1.807, 2.05) is 19.1 Å². The molecular formula is C11H11ClN4. The molecule has 2 N–H and O–H groups in total. The van der Waals surface area contributed by atoms with Crippen molar-refractivity contribution in [1.82, 2.24) is 15.0 Å². The molecule has 0 spiro atoms. The zero-order chi connectivity index (χ0) is 11.5. The Labute approximate surface area is 98.2 Å². The van der Waals surface area contributed by atoms with Gasteiger partial charge in [0.1, 0.15) is 10.7 Å². The fraction of sp³-hybridized carbons (Fsp3) is 0.182. The molecule has 0 saturated heterocycles. The van der Waals surface area contributed by atoms with Crippen LogP contribution in [0.1, 0.15) is 19.0 Å². The molecule has 0 aliphatic rings. The Morgan fingerprint density at radius 3 is 2.88 bits per heavy atom. The van der Waals surface area contributed by atoms with Crippen LogP contribution in [0.3, 0.4) is 0 Å². The molecule has 0 radical (unpaired) electrons. The topological polar surface area (TPSA) is 64.7 Å². The van der Waals surface area contributed by atoms with Crippen LogP contribution in [0.2, 0.25) is 5.15 Å². The van der Waals surface area contributed by atoms with Gasteiger partial charge in [-0.05, 0) is 24.6 Å². The summed E-state index contributed by atoms with van der Waals surface area (Å²) in [4.78, 5) is 12.4. The van der Waals surface area contributed by atoms with Crippen LogP contribution in [0.4, 0.5) is 5.95 Å². The molecule has 5 heteroatoms. The third kappa shape index (κ3) is 2.12. The highest BCUT2D eigenvalue weighted by Gasteiger charge is 2.05. The van der Waals surface area contributed by atoms with Gasteiger partial charge in [0.15, 0.2) is 0 Å². The minimum atomic E-state index is 0.243. The van der Waals surface area contributed by atoms with E-state index in [4.69, 9.17) is 17.3 Å². The maximum atomic E-state index is 5.84. The van der Waals surface area contributed by atoms with Crippen molar-refractivity contribution in [2.24, 2.45) is 0 Å². The number of allylic oxidation sites excluding steroid dienone is 1. The Hall–Kier alpha value is -1.68. The molecule has 82 valence electrons. The number of nitrogens with two attached hydrogens (primary N) is 1. The maximum absolute atomic E-state index is 5.84. The van der Waals surface area contributed by atoms with Crippen molar-refractivity contribution in [2.75, 3.05) is 5.73 Å². The van der Waals surface area contributed by atoms with Crippen LogP contribution < -0.4 is 5.73 Å². The molecule has 4 nitrogen and oxygen atoms in total. The maximum Gasteiger partial charge on any atom is 0.221 e. The summed E-state index contributed by atoms with van der Waals surface area (Å²) in [7, 11) is 0. The highest BCUT2D eigenvalue weighted by Crippen LogP contribution is 2.18. The van der Waals surface area contributed by atoms with Crippen LogP contribution in [0.15, 0.2) is 18.2 Å². The molecule has 2 rings (SSSR count). The predicted molar refractivity (Wildman–Crippen MR) is 66.1 cm³/mol. The number of nitrogens with zero attached hydrogens (tertiary/aromatic N) is 3. The molecule has 0 aliphatic heterocycles. The Bertz CT molecular complexity index is 551. The van der Waals surface area contributed by atoms with Gasteiger partial charge >= 0.3 is 0 Å². The van der Waals surface area contributed by atoms with Crippen LogP contribution in [0.25, 0.3) is 17.1 Å². The molecule has 2 aromatic rings. The molecule has 0 aromatic carbocycles. The van der Waals surface area contributed by atoms with E-state index in [0.29, 0.717) is 21.9 Å². The van der Waals surface area contributed by atoms with Crippen molar-refractivity contribution >= 4 is 34.7 Å². The first-order chi connectivity index (χ1) is 7.70. The average molecular weight is 235 g/mol. The minimum Gasteiger partial charge on any atom is -0.368 e. The van der Waals surface area contributed by atoms with Crippen LogP contribution in [-0.4, -0.2) is 15.0 Å². The molecule has 0 atom stereocenters. The van der Waals surface area contributed by atoms with Crippen molar-refractivity contribution in [3.63, 3.8) is 0 Å². The number of hydrogen-bond donors (Lipinski definition) is 1. The normalized spacial score (nSPS) is 11.4. The fourth-order valence-corrected chi connectivity index (χ4v) is 1.52. The van der Waals surface area contributed by atoms with Crippen molar-refractivity contribution < 1.29 is 0 Å². The number of fused-ring (bicyclic) bond motifs is 1. The summed E-state index contributed by atoms with van der Waals surface area (Å²) in [5.74, 6) is 0.243. The smallest absolute Gasteiger partial charge is 0.221 e. The first-order valence-electron chi connectivity index (χ1n) is 4.97. The summed E-state index contributed by atoms with van der Waals surface area (Å²) < 4.78 is 0. The molecule has 0 fully saturated rings. The number of anilines is 1. The molecule has 2 aromatic heterocycles. The molecular weight excluding hydrogens is 224 g/mol. The van der Waals surface area contributed by atoms with Gasteiger partial charge in [-0.15, -0.1) is 0 Å². The number of aromatic nitrogens is 3. The summed E-state index contributed by atoms with van der Waals surface area (Å²) in [6, 6.07) is 3.47. The fourth-order valence-electron chi connectivity index (χ4n) is 1.38. The first-order valence-corrected chi connectivity index (χ1v) is 5.35. The van der Waals surface area contributed by atoms with Gasteiger partial charge in [-0.25, -0.2) is 15.0 Å². The summed E-state index contributed by atoms with van der Waals surface area (Å²) in [5.41, 5.74) is 7.69. The average Bonchev–Trinajstić information content (AvgIpc) is 2.26. The zero-order valence-electron chi connectivity index (χ0n) is 8.81. The third-order valence-corrected chi connectivity index (χ3v) is 2.27. The molecule has 0 amide bonds. The number of pyridine rings is 1. The second-order valence-electron chi connectivity index (χ2n) is 3.28. The second kappa shape index (κ2) is 4.45. The van der Waals surface area contributed by atoms with Crippen LogP contribution in [0.5, 0.6) is 0 Å². The summed E-state index contributed by atoms with van der Waals surface area (Å²) in [6.45, 7) is 2.05. The van der Waals surface area contributed by atoms with Gasteiger partial charge in [0.05, 0.1) is 11.2 Å². The molecule has 0 unspecified atom stereocenters. The van der Waals surface area contributed by atoms with E-state index < -0.39 is 0 Å². The monoisotopic (exact) mass is 234 g/mol. The SMILES string of the molecule is CCC=Cc1nc(N)nc2ccc(Cl)nc12. The van der Waals surface area contributed by atoms with E-state index >= 15 is 0 Å². The molecule has 16 heavy (non-hydrogen) atoms. The van der Waals surface area contributed by atoms with E-state index in [2.05, 4.69) is 15.0 Å². The number of nitrogen functional groups attached to an aromatic ring is 1. The lowest BCUT2D eigenvalue weighted by Gasteiger charge is -2.02. The quantitative estimate of drug-likeness (QED) is 0.812. The van der Waals surface area contributed by atoms with E-state index in [1.54, 1.807) is 12.1 Å². The van der Waals surface area contributed by atoms with Gasteiger partial charge < -0.3 is 5.73 Å². The number of rotatable bonds is 2. The van der Waals surface area contributed by atoms with E-state index in [9.17, 15) is 0 Å². The standard InChI is InChI=1S/C11H11ClN4/c1-2-3-4-7-10-8(15-11(13)14-7)5-6-9(12)16-10/h3-6H,2H2,1H3,(H2,13,14,15). The largest absolute Gasteiger partial charge is 0.368 e. The minimum absolute atomic E-state index is 0.243. The summed E-state index contributed by atoms with van der Waals surface area (Å²) in [5, 5.41) is 0.423. The van der Waals surface area contributed by atoms with Crippen molar-refractivity contribution in [1.29, 1.82) is 0 Å². The van der Waals surface area contributed by atoms with Gasteiger partial charge in [0.2, 0.25) is 5.95 Å². The number of halogens is 1.